The summed E-state index contributed by atoms with van der Waals surface area (Å²) in [5, 5.41) is 10.4. The smallest absolute Gasteiger partial charge is 0.319 e. The molecule has 2 aliphatic rings. The molecule has 1 N–H and O–H groups in total. The van der Waals surface area contributed by atoms with Gasteiger partial charge in [-0.2, -0.15) is 0 Å². The number of methoxy groups -OCH3 is 1. The fourth-order valence-electron chi connectivity index (χ4n) is 3.62. The Balaban J connectivity index is 2.07. The van der Waals surface area contributed by atoms with Crippen LogP contribution in [0.5, 0.6) is 0 Å². The van der Waals surface area contributed by atoms with Gasteiger partial charge in [0.25, 0.3) is 0 Å². The van der Waals surface area contributed by atoms with Gasteiger partial charge in [-0.25, -0.2) is 0 Å². The Morgan fingerprint density at radius 2 is 1.74 bits per heavy atom. The first-order valence-corrected chi connectivity index (χ1v) is 7.73. The molecule has 2 aliphatic carbocycles. The molecule has 0 aromatic rings. The van der Waals surface area contributed by atoms with Crippen molar-refractivity contribution in [2.45, 2.75) is 76.0 Å². The second-order valence-corrected chi connectivity index (χ2v) is 5.96. The second kappa shape index (κ2) is 7.25. The van der Waals surface area contributed by atoms with Gasteiger partial charge in [0, 0.05) is 12.1 Å². The summed E-state index contributed by atoms with van der Waals surface area (Å²) in [7, 11) is 1.44. The van der Waals surface area contributed by atoms with E-state index >= 15 is 0 Å². The number of esters is 1. The van der Waals surface area contributed by atoms with Gasteiger partial charge >= 0.3 is 5.97 Å². The molecule has 4 nitrogen and oxygen atoms in total. The molecular weight excluding hydrogens is 242 g/mol. The molecule has 2 fully saturated rings. The first-order chi connectivity index (χ1) is 9.22. The number of aliphatic hydroxyl groups excluding tert-OH is 1. The summed E-state index contributed by atoms with van der Waals surface area (Å²) < 4.78 is 4.84. The molecular formula is C15H27NO3. The summed E-state index contributed by atoms with van der Waals surface area (Å²) in [4.78, 5) is 13.9. The van der Waals surface area contributed by atoms with E-state index in [4.69, 9.17) is 4.74 Å². The predicted octanol–water partition coefficient (Wildman–Crippen LogP) is 2.10. The van der Waals surface area contributed by atoms with Crippen molar-refractivity contribution in [1.82, 2.24) is 4.90 Å². The predicted molar refractivity (Wildman–Crippen MR) is 73.9 cm³/mol. The first-order valence-electron chi connectivity index (χ1n) is 7.73. The number of aliphatic hydroxyl groups is 1. The van der Waals surface area contributed by atoms with Gasteiger partial charge in [0.15, 0.2) is 0 Å². The molecule has 110 valence electrons. The van der Waals surface area contributed by atoms with Gasteiger partial charge in [0.05, 0.1) is 19.8 Å². The lowest BCUT2D eigenvalue weighted by Crippen LogP contribution is -2.50. The van der Waals surface area contributed by atoms with Gasteiger partial charge in [-0.05, 0) is 25.7 Å². The van der Waals surface area contributed by atoms with E-state index in [0.717, 1.165) is 38.5 Å². The van der Waals surface area contributed by atoms with Gasteiger partial charge < -0.3 is 9.84 Å². The second-order valence-electron chi connectivity index (χ2n) is 5.96. The molecule has 0 bridgehead atoms. The molecule has 2 atom stereocenters. The summed E-state index contributed by atoms with van der Waals surface area (Å²) in [5.74, 6) is -0.177. The van der Waals surface area contributed by atoms with Crippen LogP contribution in [0.3, 0.4) is 0 Å². The van der Waals surface area contributed by atoms with Crippen LogP contribution >= 0.6 is 0 Å². The fraction of sp³-hybridized carbons (Fsp3) is 0.933. The first kappa shape index (κ1) is 14.8. The SMILES string of the molecule is COC(=O)CN(C1CCCC1)C1CCCCCC1O. The third-order valence-electron chi connectivity index (χ3n) is 4.70. The Labute approximate surface area is 116 Å². The Kier molecular flexibility index (Phi) is 5.64. The van der Waals surface area contributed by atoms with Crippen LogP contribution in [0, 0.1) is 0 Å². The molecule has 4 heteroatoms. The van der Waals surface area contributed by atoms with Crippen molar-refractivity contribution in [3.8, 4) is 0 Å². The topological polar surface area (TPSA) is 49.8 Å². The number of nitrogens with zero attached hydrogens (tertiary/aromatic N) is 1. The van der Waals surface area contributed by atoms with Crippen molar-refractivity contribution in [3.05, 3.63) is 0 Å². The summed E-state index contributed by atoms with van der Waals surface area (Å²) in [5.41, 5.74) is 0. The minimum absolute atomic E-state index is 0.143. The minimum atomic E-state index is -0.284. The number of carbonyl (C=O) groups is 1. The van der Waals surface area contributed by atoms with E-state index in [1.807, 2.05) is 0 Å². The Morgan fingerprint density at radius 3 is 2.42 bits per heavy atom. The van der Waals surface area contributed by atoms with Gasteiger partial charge in [-0.15, -0.1) is 0 Å². The average Bonchev–Trinajstić information content (AvgIpc) is 2.86. The summed E-state index contributed by atoms with van der Waals surface area (Å²) in [6.45, 7) is 0.336. The lowest BCUT2D eigenvalue weighted by Gasteiger charge is -2.37. The zero-order valence-electron chi connectivity index (χ0n) is 12.0. The van der Waals surface area contributed by atoms with E-state index in [-0.39, 0.29) is 18.1 Å². The fourth-order valence-corrected chi connectivity index (χ4v) is 3.62. The van der Waals surface area contributed by atoms with Crippen LogP contribution in [0.1, 0.15) is 57.8 Å². The van der Waals surface area contributed by atoms with Gasteiger partial charge in [0.1, 0.15) is 0 Å². The van der Waals surface area contributed by atoms with Crippen LogP contribution in [0.4, 0.5) is 0 Å². The maximum atomic E-state index is 11.7. The van der Waals surface area contributed by atoms with Crippen LogP contribution in [0.15, 0.2) is 0 Å². The molecule has 0 aromatic carbocycles. The molecule has 19 heavy (non-hydrogen) atoms. The number of hydrogen-bond donors (Lipinski definition) is 1. The third kappa shape index (κ3) is 3.93. The number of rotatable bonds is 4. The molecule has 0 heterocycles. The number of hydrogen-bond acceptors (Lipinski definition) is 4. The quantitative estimate of drug-likeness (QED) is 0.627. The lowest BCUT2D eigenvalue weighted by molar-refractivity contribution is -0.144. The van der Waals surface area contributed by atoms with E-state index in [2.05, 4.69) is 4.90 Å². The maximum Gasteiger partial charge on any atom is 0.319 e. The minimum Gasteiger partial charge on any atom is -0.468 e. The monoisotopic (exact) mass is 269 g/mol. The van der Waals surface area contributed by atoms with Crippen molar-refractivity contribution >= 4 is 5.97 Å². The van der Waals surface area contributed by atoms with Crippen molar-refractivity contribution in [3.63, 3.8) is 0 Å². The lowest BCUT2D eigenvalue weighted by atomic mass is 10.0. The highest BCUT2D eigenvalue weighted by molar-refractivity contribution is 5.71. The normalized spacial score (nSPS) is 29.4. The Hall–Kier alpha value is -0.610. The molecule has 0 radical (unpaired) electrons. The van der Waals surface area contributed by atoms with Crippen molar-refractivity contribution in [1.29, 1.82) is 0 Å². The maximum absolute atomic E-state index is 11.7. The van der Waals surface area contributed by atoms with Crippen molar-refractivity contribution < 1.29 is 14.6 Å². The van der Waals surface area contributed by atoms with E-state index in [9.17, 15) is 9.90 Å². The molecule has 0 amide bonds. The molecule has 0 saturated heterocycles. The highest BCUT2D eigenvalue weighted by Gasteiger charge is 2.34. The molecule has 2 unspecified atom stereocenters. The molecule has 0 aromatic heterocycles. The largest absolute Gasteiger partial charge is 0.468 e. The highest BCUT2D eigenvalue weighted by Crippen LogP contribution is 2.30. The zero-order chi connectivity index (χ0) is 13.7. The third-order valence-corrected chi connectivity index (χ3v) is 4.70. The summed E-state index contributed by atoms with van der Waals surface area (Å²) in [6.07, 6.45) is 9.85. The van der Waals surface area contributed by atoms with Gasteiger partial charge in [0.2, 0.25) is 0 Å². The van der Waals surface area contributed by atoms with E-state index in [0.29, 0.717) is 12.6 Å². The Bertz CT molecular complexity index is 289. The Morgan fingerprint density at radius 1 is 1.11 bits per heavy atom. The standard InChI is InChI=1S/C15H27NO3/c1-19-15(18)11-16(12-7-5-6-8-12)13-9-3-2-4-10-14(13)17/h12-14,17H,2-11H2,1H3. The summed E-state index contributed by atoms with van der Waals surface area (Å²) >= 11 is 0. The van der Waals surface area contributed by atoms with E-state index in [1.54, 1.807) is 0 Å². The van der Waals surface area contributed by atoms with Crippen LogP contribution in [0.2, 0.25) is 0 Å². The van der Waals surface area contributed by atoms with Crippen LogP contribution in [-0.4, -0.2) is 47.8 Å². The van der Waals surface area contributed by atoms with Crippen LogP contribution in [-0.2, 0) is 9.53 Å². The van der Waals surface area contributed by atoms with Crippen molar-refractivity contribution in [2.24, 2.45) is 0 Å². The van der Waals surface area contributed by atoms with E-state index in [1.165, 1.54) is 26.4 Å². The number of carbonyl (C=O) groups excluding carboxylic acids is 1. The molecule has 0 aliphatic heterocycles. The molecule has 0 spiro atoms. The summed E-state index contributed by atoms with van der Waals surface area (Å²) in [6, 6.07) is 0.599. The van der Waals surface area contributed by atoms with Crippen molar-refractivity contribution in [2.75, 3.05) is 13.7 Å². The highest BCUT2D eigenvalue weighted by atomic mass is 16.5. The van der Waals surface area contributed by atoms with E-state index < -0.39 is 0 Å². The van der Waals surface area contributed by atoms with Crippen LogP contribution < -0.4 is 0 Å². The zero-order valence-corrected chi connectivity index (χ0v) is 12.0. The van der Waals surface area contributed by atoms with Gasteiger partial charge in [-0.1, -0.05) is 32.1 Å². The van der Waals surface area contributed by atoms with Crippen LogP contribution in [0.25, 0.3) is 0 Å². The average molecular weight is 269 g/mol. The molecule has 2 rings (SSSR count). The number of ether oxygens (including phenoxy) is 1. The molecule has 2 saturated carbocycles. The van der Waals surface area contributed by atoms with Gasteiger partial charge in [-0.3, -0.25) is 9.69 Å².